The molecule has 0 radical (unpaired) electrons. The number of carbonyl (C=O) groups excluding carboxylic acids is 1. The van der Waals surface area contributed by atoms with E-state index < -0.39 is 0 Å². The molecule has 1 saturated carbocycles. The van der Waals surface area contributed by atoms with E-state index in [0.717, 1.165) is 19.0 Å². The summed E-state index contributed by atoms with van der Waals surface area (Å²) in [5.74, 6) is 1.15. The van der Waals surface area contributed by atoms with Crippen LogP contribution in [0.3, 0.4) is 0 Å². The van der Waals surface area contributed by atoms with Crippen LogP contribution in [0.25, 0.3) is 0 Å². The molecule has 0 aromatic heterocycles. The van der Waals surface area contributed by atoms with Crippen molar-refractivity contribution in [2.24, 2.45) is 11.3 Å². The van der Waals surface area contributed by atoms with E-state index in [9.17, 15) is 4.79 Å². The van der Waals surface area contributed by atoms with Gasteiger partial charge in [0.1, 0.15) is 0 Å². The Hall–Kier alpha value is -0.570. The Balaban J connectivity index is 1.72. The molecule has 21 heavy (non-hydrogen) atoms. The van der Waals surface area contributed by atoms with E-state index in [2.05, 4.69) is 26.1 Å². The summed E-state index contributed by atoms with van der Waals surface area (Å²) in [5.41, 5.74) is 0.429. The van der Waals surface area contributed by atoms with Crippen molar-refractivity contribution >= 4 is 5.91 Å². The highest BCUT2D eigenvalue weighted by Gasteiger charge is 2.28. The Morgan fingerprint density at radius 2 is 1.71 bits per heavy atom. The van der Waals surface area contributed by atoms with Crippen LogP contribution in [0.5, 0.6) is 0 Å². The molecule has 2 atom stereocenters. The van der Waals surface area contributed by atoms with E-state index in [0.29, 0.717) is 23.9 Å². The SMILES string of the molecule is CC(C)(C)C1CCCC(NCC(=O)N2CCCCC2)CC1. The summed E-state index contributed by atoms with van der Waals surface area (Å²) < 4.78 is 0. The molecule has 2 aliphatic rings. The summed E-state index contributed by atoms with van der Waals surface area (Å²) in [4.78, 5) is 14.3. The normalized spacial score (nSPS) is 28.2. The standard InChI is InChI=1S/C18H34N2O/c1-18(2,3)15-8-7-9-16(11-10-15)19-14-17(21)20-12-5-4-6-13-20/h15-16,19H,4-14H2,1-3H3. The summed E-state index contributed by atoms with van der Waals surface area (Å²) in [5, 5.41) is 3.54. The molecule has 2 unspecified atom stereocenters. The van der Waals surface area contributed by atoms with Crippen LogP contribution in [-0.4, -0.2) is 36.5 Å². The lowest BCUT2D eigenvalue weighted by Crippen LogP contribution is -2.43. The average molecular weight is 294 g/mol. The van der Waals surface area contributed by atoms with Crippen molar-refractivity contribution in [3.05, 3.63) is 0 Å². The van der Waals surface area contributed by atoms with Crippen LogP contribution < -0.4 is 5.32 Å². The molecule has 122 valence electrons. The predicted molar refractivity (Wildman–Crippen MR) is 88.3 cm³/mol. The molecule has 0 aromatic carbocycles. The minimum absolute atomic E-state index is 0.311. The van der Waals surface area contributed by atoms with Crippen LogP contribution >= 0.6 is 0 Å². The van der Waals surface area contributed by atoms with Gasteiger partial charge >= 0.3 is 0 Å². The van der Waals surface area contributed by atoms with Crippen molar-refractivity contribution < 1.29 is 4.79 Å². The molecule has 1 amide bonds. The van der Waals surface area contributed by atoms with Gasteiger partial charge in [-0.3, -0.25) is 4.79 Å². The Bertz CT molecular complexity index is 329. The maximum Gasteiger partial charge on any atom is 0.236 e. The van der Waals surface area contributed by atoms with Crippen LogP contribution in [0, 0.1) is 11.3 Å². The highest BCUT2D eigenvalue weighted by atomic mass is 16.2. The fourth-order valence-corrected chi connectivity index (χ4v) is 3.86. The largest absolute Gasteiger partial charge is 0.342 e. The van der Waals surface area contributed by atoms with Gasteiger partial charge in [-0.05, 0) is 56.3 Å². The van der Waals surface area contributed by atoms with Crippen molar-refractivity contribution in [3.63, 3.8) is 0 Å². The first kappa shape index (κ1) is 16.8. The van der Waals surface area contributed by atoms with Crippen LogP contribution in [0.1, 0.15) is 72.1 Å². The zero-order chi connectivity index (χ0) is 15.3. The molecule has 2 rings (SSSR count). The molecule has 1 aliphatic heterocycles. The van der Waals surface area contributed by atoms with Crippen molar-refractivity contribution in [2.45, 2.75) is 78.2 Å². The predicted octanol–water partition coefficient (Wildman–Crippen LogP) is 3.58. The van der Waals surface area contributed by atoms with Gasteiger partial charge in [-0.1, -0.05) is 27.2 Å². The fourth-order valence-electron chi connectivity index (χ4n) is 3.86. The van der Waals surface area contributed by atoms with Gasteiger partial charge in [-0.15, -0.1) is 0 Å². The molecular formula is C18H34N2O. The number of piperidine rings is 1. The lowest BCUT2D eigenvalue weighted by molar-refractivity contribution is -0.131. The van der Waals surface area contributed by atoms with Gasteiger partial charge in [0.2, 0.25) is 5.91 Å². The molecular weight excluding hydrogens is 260 g/mol. The molecule has 3 heteroatoms. The number of hydrogen-bond acceptors (Lipinski definition) is 2. The van der Waals surface area contributed by atoms with Crippen molar-refractivity contribution in [1.29, 1.82) is 0 Å². The second kappa shape index (κ2) is 7.62. The quantitative estimate of drug-likeness (QED) is 0.807. The third-order valence-electron chi connectivity index (χ3n) is 5.44. The van der Waals surface area contributed by atoms with E-state index in [1.165, 1.54) is 51.4 Å². The van der Waals surface area contributed by atoms with Crippen molar-refractivity contribution in [2.75, 3.05) is 19.6 Å². The Kier molecular flexibility index (Phi) is 6.09. The first-order valence-corrected chi connectivity index (χ1v) is 8.98. The average Bonchev–Trinajstić information content (AvgIpc) is 2.71. The second-order valence-electron chi connectivity index (χ2n) is 8.09. The zero-order valence-corrected chi connectivity index (χ0v) is 14.3. The molecule has 0 spiro atoms. The van der Waals surface area contributed by atoms with E-state index in [1.54, 1.807) is 0 Å². The Labute approximate surface area is 130 Å². The van der Waals surface area contributed by atoms with Crippen LogP contribution in [0.4, 0.5) is 0 Å². The monoisotopic (exact) mass is 294 g/mol. The van der Waals surface area contributed by atoms with Crippen LogP contribution in [-0.2, 0) is 4.79 Å². The zero-order valence-electron chi connectivity index (χ0n) is 14.3. The highest BCUT2D eigenvalue weighted by molar-refractivity contribution is 5.78. The molecule has 1 aliphatic carbocycles. The first-order chi connectivity index (χ1) is 9.97. The van der Waals surface area contributed by atoms with Gasteiger partial charge in [0.05, 0.1) is 6.54 Å². The topological polar surface area (TPSA) is 32.3 Å². The van der Waals surface area contributed by atoms with Crippen LogP contribution in [0.2, 0.25) is 0 Å². The first-order valence-electron chi connectivity index (χ1n) is 8.98. The van der Waals surface area contributed by atoms with E-state index >= 15 is 0 Å². The van der Waals surface area contributed by atoms with E-state index in [4.69, 9.17) is 0 Å². The molecule has 1 heterocycles. The molecule has 3 nitrogen and oxygen atoms in total. The third-order valence-corrected chi connectivity index (χ3v) is 5.44. The number of amides is 1. The van der Waals surface area contributed by atoms with Gasteiger partial charge in [0, 0.05) is 19.1 Å². The highest BCUT2D eigenvalue weighted by Crippen LogP contribution is 2.36. The maximum absolute atomic E-state index is 12.2. The summed E-state index contributed by atoms with van der Waals surface area (Å²) in [6.45, 7) is 9.58. The summed E-state index contributed by atoms with van der Waals surface area (Å²) >= 11 is 0. The lowest BCUT2D eigenvalue weighted by atomic mass is 9.76. The lowest BCUT2D eigenvalue weighted by Gasteiger charge is -2.30. The summed E-state index contributed by atoms with van der Waals surface area (Å²) in [6, 6.07) is 0.547. The van der Waals surface area contributed by atoms with Gasteiger partial charge in [-0.25, -0.2) is 0 Å². The van der Waals surface area contributed by atoms with Gasteiger partial charge in [-0.2, -0.15) is 0 Å². The van der Waals surface area contributed by atoms with Crippen molar-refractivity contribution in [3.8, 4) is 0 Å². The van der Waals surface area contributed by atoms with E-state index in [1.807, 2.05) is 4.90 Å². The van der Waals surface area contributed by atoms with Gasteiger partial charge in [0.25, 0.3) is 0 Å². The molecule has 0 aromatic rings. The fraction of sp³-hybridized carbons (Fsp3) is 0.944. The summed E-state index contributed by atoms with van der Waals surface area (Å²) in [7, 11) is 0. The number of nitrogens with zero attached hydrogens (tertiary/aromatic N) is 1. The third kappa shape index (κ3) is 5.28. The molecule has 1 saturated heterocycles. The molecule has 2 fully saturated rings. The second-order valence-corrected chi connectivity index (χ2v) is 8.09. The number of nitrogens with one attached hydrogen (secondary N) is 1. The number of likely N-dealkylation sites (tertiary alicyclic amines) is 1. The minimum Gasteiger partial charge on any atom is -0.342 e. The van der Waals surface area contributed by atoms with E-state index in [-0.39, 0.29) is 0 Å². The maximum atomic E-state index is 12.2. The number of rotatable bonds is 3. The smallest absolute Gasteiger partial charge is 0.236 e. The van der Waals surface area contributed by atoms with Crippen molar-refractivity contribution in [1.82, 2.24) is 10.2 Å². The molecule has 0 bridgehead atoms. The number of hydrogen-bond donors (Lipinski definition) is 1. The van der Waals surface area contributed by atoms with Gasteiger partial charge in [0.15, 0.2) is 0 Å². The Morgan fingerprint density at radius 1 is 1.00 bits per heavy atom. The minimum atomic E-state index is 0.311. The summed E-state index contributed by atoms with van der Waals surface area (Å²) in [6.07, 6.45) is 10.1. The van der Waals surface area contributed by atoms with Gasteiger partial charge < -0.3 is 10.2 Å². The van der Waals surface area contributed by atoms with Crippen LogP contribution in [0.15, 0.2) is 0 Å². The molecule has 1 N–H and O–H groups in total. The number of carbonyl (C=O) groups is 1. The Morgan fingerprint density at radius 3 is 2.38 bits per heavy atom.